The molecule has 0 bridgehead atoms. The summed E-state index contributed by atoms with van der Waals surface area (Å²) >= 11 is 3.71. The highest BCUT2D eigenvalue weighted by molar-refractivity contribution is 7.99. The highest BCUT2D eigenvalue weighted by Crippen LogP contribution is 2.22. The van der Waals surface area contributed by atoms with Gasteiger partial charge in [0.15, 0.2) is 0 Å². The van der Waals surface area contributed by atoms with E-state index in [9.17, 15) is 0 Å². The molecule has 0 aliphatic carbocycles. The molecule has 3 heteroatoms. The minimum Gasteiger partial charge on any atom is -0.374 e. The fraction of sp³-hybridized carbons (Fsp3) is 0.333. The Bertz CT molecular complexity index is 454. The van der Waals surface area contributed by atoms with E-state index < -0.39 is 0 Å². The molecule has 0 spiro atoms. The summed E-state index contributed by atoms with van der Waals surface area (Å²) in [6.07, 6.45) is 0.531. The lowest BCUT2D eigenvalue weighted by Gasteiger charge is -2.18. The predicted molar refractivity (Wildman–Crippen MR) is 94.3 cm³/mol. The molecule has 2 rings (SSSR count). The van der Waals surface area contributed by atoms with Gasteiger partial charge in [-0.15, -0.1) is 23.5 Å². The first-order valence-corrected chi connectivity index (χ1v) is 9.22. The van der Waals surface area contributed by atoms with Crippen molar-refractivity contribution >= 4 is 23.5 Å². The minimum atomic E-state index is 0.265. The van der Waals surface area contributed by atoms with Gasteiger partial charge in [0.2, 0.25) is 0 Å². The number of rotatable bonds is 8. The van der Waals surface area contributed by atoms with Crippen molar-refractivity contribution in [3.63, 3.8) is 0 Å². The largest absolute Gasteiger partial charge is 0.374 e. The monoisotopic (exact) mass is 318 g/mol. The van der Waals surface area contributed by atoms with Crippen LogP contribution in [-0.2, 0) is 4.74 Å². The van der Waals surface area contributed by atoms with Crippen LogP contribution in [0.5, 0.6) is 0 Å². The highest BCUT2D eigenvalue weighted by Gasteiger charge is 2.09. The maximum atomic E-state index is 6.05. The SMILES string of the molecule is CC(CSc1ccccc1)OC(C)CSc1ccccc1. The van der Waals surface area contributed by atoms with E-state index in [0.29, 0.717) is 0 Å². The van der Waals surface area contributed by atoms with Gasteiger partial charge in [0.1, 0.15) is 0 Å². The molecule has 112 valence electrons. The first kappa shape index (κ1) is 16.5. The van der Waals surface area contributed by atoms with Crippen LogP contribution in [0.3, 0.4) is 0 Å². The van der Waals surface area contributed by atoms with Crippen molar-refractivity contribution < 1.29 is 4.74 Å². The molecular formula is C18H22OS2. The molecule has 0 aromatic heterocycles. The van der Waals surface area contributed by atoms with Gasteiger partial charge in [-0.25, -0.2) is 0 Å². The zero-order valence-corrected chi connectivity index (χ0v) is 14.2. The molecule has 2 aromatic carbocycles. The summed E-state index contributed by atoms with van der Waals surface area (Å²) in [6, 6.07) is 21.0. The van der Waals surface area contributed by atoms with Gasteiger partial charge >= 0.3 is 0 Å². The molecule has 1 nitrogen and oxygen atoms in total. The first-order valence-electron chi connectivity index (χ1n) is 7.25. The molecule has 0 aliphatic heterocycles. The molecule has 0 fully saturated rings. The van der Waals surface area contributed by atoms with Crippen molar-refractivity contribution in [3.8, 4) is 0 Å². The summed E-state index contributed by atoms with van der Waals surface area (Å²) in [5.41, 5.74) is 0. The maximum absolute atomic E-state index is 6.05. The molecular weight excluding hydrogens is 296 g/mol. The summed E-state index contributed by atoms with van der Waals surface area (Å²) in [4.78, 5) is 2.61. The van der Waals surface area contributed by atoms with E-state index in [1.54, 1.807) is 0 Å². The lowest BCUT2D eigenvalue weighted by atomic mass is 10.4. The Morgan fingerprint density at radius 3 is 1.48 bits per heavy atom. The number of hydrogen-bond acceptors (Lipinski definition) is 3. The van der Waals surface area contributed by atoms with Crippen molar-refractivity contribution in [2.75, 3.05) is 11.5 Å². The maximum Gasteiger partial charge on any atom is 0.0644 e. The average Bonchev–Trinajstić information content (AvgIpc) is 2.53. The van der Waals surface area contributed by atoms with Crippen molar-refractivity contribution in [1.82, 2.24) is 0 Å². The number of hydrogen-bond donors (Lipinski definition) is 0. The van der Waals surface area contributed by atoms with Gasteiger partial charge in [-0.3, -0.25) is 0 Å². The zero-order valence-electron chi connectivity index (χ0n) is 12.6. The fourth-order valence-corrected chi connectivity index (χ4v) is 3.65. The van der Waals surface area contributed by atoms with E-state index in [1.807, 2.05) is 35.7 Å². The van der Waals surface area contributed by atoms with Crippen LogP contribution in [0.1, 0.15) is 13.8 Å². The Hall–Kier alpha value is -0.900. The van der Waals surface area contributed by atoms with E-state index in [0.717, 1.165) is 11.5 Å². The average molecular weight is 319 g/mol. The van der Waals surface area contributed by atoms with Crippen LogP contribution in [0.25, 0.3) is 0 Å². The van der Waals surface area contributed by atoms with Crippen molar-refractivity contribution in [2.45, 2.75) is 35.8 Å². The molecule has 0 radical (unpaired) electrons. The van der Waals surface area contributed by atoms with Crippen LogP contribution in [-0.4, -0.2) is 23.7 Å². The standard InChI is InChI=1S/C18H22OS2/c1-15(13-20-17-9-5-3-6-10-17)19-16(2)14-21-18-11-7-4-8-12-18/h3-12,15-16H,13-14H2,1-2H3. The molecule has 21 heavy (non-hydrogen) atoms. The van der Waals surface area contributed by atoms with Crippen molar-refractivity contribution in [2.24, 2.45) is 0 Å². The van der Waals surface area contributed by atoms with E-state index in [4.69, 9.17) is 4.74 Å². The van der Waals surface area contributed by atoms with Gasteiger partial charge in [0.05, 0.1) is 12.2 Å². The summed E-state index contributed by atoms with van der Waals surface area (Å²) in [5, 5.41) is 0. The van der Waals surface area contributed by atoms with Gasteiger partial charge < -0.3 is 4.74 Å². The Morgan fingerprint density at radius 1 is 0.714 bits per heavy atom. The molecule has 2 unspecified atom stereocenters. The normalized spacial score (nSPS) is 13.8. The molecule has 0 amide bonds. The molecule has 0 heterocycles. The second kappa shape index (κ2) is 9.19. The Balaban J connectivity index is 1.66. The van der Waals surface area contributed by atoms with Gasteiger partial charge in [0, 0.05) is 21.3 Å². The van der Waals surface area contributed by atoms with Crippen LogP contribution in [0.4, 0.5) is 0 Å². The van der Waals surface area contributed by atoms with Crippen molar-refractivity contribution in [3.05, 3.63) is 60.7 Å². The topological polar surface area (TPSA) is 9.23 Å². The lowest BCUT2D eigenvalue weighted by Crippen LogP contribution is -2.20. The summed E-state index contributed by atoms with van der Waals surface area (Å²) in [6.45, 7) is 4.30. The molecule has 2 aromatic rings. The summed E-state index contributed by atoms with van der Waals surface area (Å²) in [5.74, 6) is 1.98. The van der Waals surface area contributed by atoms with Crippen molar-refractivity contribution in [1.29, 1.82) is 0 Å². The zero-order chi connectivity index (χ0) is 14.9. The summed E-state index contributed by atoms with van der Waals surface area (Å²) < 4.78 is 6.05. The van der Waals surface area contributed by atoms with Gasteiger partial charge in [-0.2, -0.15) is 0 Å². The van der Waals surface area contributed by atoms with Crippen LogP contribution in [0.15, 0.2) is 70.5 Å². The number of benzene rings is 2. The lowest BCUT2D eigenvalue weighted by molar-refractivity contribution is 0.0354. The molecule has 2 atom stereocenters. The molecule has 0 saturated carbocycles. The Kier molecular flexibility index (Phi) is 7.20. The van der Waals surface area contributed by atoms with Crippen LogP contribution in [0.2, 0.25) is 0 Å². The minimum absolute atomic E-state index is 0.265. The Labute approximate surface area is 136 Å². The van der Waals surface area contributed by atoms with Gasteiger partial charge in [-0.1, -0.05) is 36.4 Å². The number of thioether (sulfide) groups is 2. The molecule has 0 aliphatic rings. The van der Waals surface area contributed by atoms with E-state index >= 15 is 0 Å². The third-order valence-corrected chi connectivity index (χ3v) is 5.40. The van der Waals surface area contributed by atoms with Crippen LogP contribution < -0.4 is 0 Å². The van der Waals surface area contributed by atoms with Crippen LogP contribution >= 0.6 is 23.5 Å². The van der Waals surface area contributed by atoms with Gasteiger partial charge in [-0.05, 0) is 38.1 Å². The molecule has 0 N–H and O–H groups in total. The number of ether oxygens (including phenoxy) is 1. The third-order valence-electron chi connectivity index (χ3n) is 2.92. The highest BCUT2D eigenvalue weighted by atomic mass is 32.2. The summed E-state index contributed by atoms with van der Waals surface area (Å²) in [7, 11) is 0. The van der Waals surface area contributed by atoms with Crippen LogP contribution in [0, 0.1) is 0 Å². The quantitative estimate of drug-likeness (QED) is 0.606. The molecule has 0 saturated heterocycles. The fourth-order valence-electron chi connectivity index (χ4n) is 1.94. The van der Waals surface area contributed by atoms with E-state index in [2.05, 4.69) is 62.4 Å². The van der Waals surface area contributed by atoms with E-state index in [-0.39, 0.29) is 12.2 Å². The first-order chi connectivity index (χ1) is 10.2. The second-order valence-electron chi connectivity index (χ2n) is 5.01. The smallest absolute Gasteiger partial charge is 0.0644 e. The third kappa shape index (κ3) is 6.60. The predicted octanol–water partition coefficient (Wildman–Crippen LogP) is 5.36. The van der Waals surface area contributed by atoms with Gasteiger partial charge in [0.25, 0.3) is 0 Å². The Morgan fingerprint density at radius 2 is 1.10 bits per heavy atom. The second-order valence-corrected chi connectivity index (χ2v) is 7.19. The van der Waals surface area contributed by atoms with E-state index in [1.165, 1.54) is 9.79 Å².